The number of benzene rings is 1. The molecule has 2 saturated heterocycles. The van der Waals surface area contributed by atoms with Gasteiger partial charge in [0.2, 0.25) is 17.7 Å². The van der Waals surface area contributed by atoms with Crippen molar-refractivity contribution < 1.29 is 43.6 Å². The molecule has 2 heterocycles. The summed E-state index contributed by atoms with van der Waals surface area (Å²) in [4.78, 5) is 56.3. The lowest BCUT2D eigenvalue weighted by Crippen LogP contribution is -2.70. The number of carbonyl (C=O) groups is 4. The number of aliphatic hydroxyl groups excluding tert-OH is 2. The number of ketones is 1. The molecule has 13 heteroatoms. The van der Waals surface area contributed by atoms with Crippen LogP contribution in [0.4, 0.5) is 0 Å². The van der Waals surface area contributed by atoms with Gasteiger partial charge in [-0.15, -0.1) is 0 Å². The Morgan fingerprint density at radius 3 is 2.39 bits per heavy atom. The van der Waals surface area contributed by atoms with Crippen molar-refractivity contribution >= 4 is 23.5 Å². The molecule has 0 radical (unpaired) electrons. The van der Waals surface area contributed by atoms with E-state index in [0.717, 1.165) is 24.8 Å². The number of nitrogens with two attached hydrogens (primary N) is 1. The summed E-state index contributed by atoms with van der Waals surface area (Å²) in [6.45, 7) is 2.86. The van der Waals surface area contributed by atoms with Gasteiger partial charge in [-0.25, -0.2) is 0 Å². The molecule has 2 aliphatic heterocycles. The van der Waals surface area contributed by atoms with Crippen LogP contribution in [0.15, 0.2) is 35.9 Å². The van der Waals surface area contributed by atoms with Gasteiger partial charge in [-0.05, 0) is 56.7 Å². The summed E-state index contributed by atoms with van der Waals surface area (Å²) in [6, 6.07) is 4.67. The van der Waals surface area contributed by atoms with E-state index in [1.165, 1.54) is 19.2 Å². The Hall–Kier alpha value is -3.36. The Kier molecular flexibility index (Phi) is 11.1. The van der Waals surface area contributed by atoms with E-state index in [2.05, 4.69) is 10.6 Å². The van der Waals surface area contributed by atoms with Crippen molar-refractivity contribution in [3.63, 3.8) is 0 Å². The summed E-state index contributed by atoms with van der Waals surface area (Å²) >= 11 is 0. The Morgan fingerprint density at radius 2 is 1.84 bits per heavy atom. The van der Waals surface area contributed by atoms with Crippen molar-refractivity contribution in [2.75, 3.05) is 53.2 Å². The first-order chi connectivity index (χ1) is 21.0. The molecule has 3 aliphatic rings. The van der Waals surface area contributed by atoms with Crippen molar-refractivity contribution in [3.05, 3.63) is 41.5 Å². The first kappa shape index (κ1) is 33.5. The Labute approximate surface area is 257 Å². The molecule has 5 atom stereocenters. The third-order valence-electron chi connectivity index (χ3n) is 8.72. The van der Waals surface area contributed by atoms with Gasteiger partial charge < -0.3 is 40.8 Å². The second-order valence-corrected chi connectivity index (χ2v) is 11.8. The number of morpholine rings is 1. The van der Waals surface area contributed by atoms with Crippen LogP contribution in [0, 0.1) is 5.92 Å². The lowest BCUT2D eigenvalue weighted by molar-refractivity contribution is -0.149. The van der Waals surface area contributed by atoms with E-state index in [4.69, 9.17) is 19.9 Å². The Morgan fingerprint density at radius 1 is 1.16 bits per heavy atom. The minimum atomic E-state index is -2.38. The average molecular weight is 617 g/mol. The van der Waals surface area contributed by atoms with E-state index in [-0.39, 0.29) is 25.1 Å². The van der Waals surface area contributed by atoms with Gasteiger partial charge in [0.15, 0.2) is 11.3 Å². The highest BCUT2D eigenvalue weighted by molar-refractivity contribution is 6.02. The molecule has 0 aromatic heterocycles. The molecule has 3 amide bonds. The van der Waals surface area contributed by atoms with Gasteiger partial charge in [-0.2, -0.15) is 0 Å². The van der Waals surface area contributed by atoms with E-state index >= 15 is 0 Å². The number of allylic oxidation sites excluding steroid dienone is 2. The lowest BCUT2D eigenvalue weighted by atomic mass is 9.68. The van der Waals surface area contributed by atoms with E-state index in [0.29, 0.717) is 38.5 Å². The fraction of sp³-hybridized carbons (Fsp3) is 0.613. The fourth-order valence-corrected chi connectivity index (χ4v) is 5.88. The largest absolute Gasteiger partial charge is 0.497 e. The summed E-state index contributed by atoms with van der Waals surface area (Å²) in [5, 5.41) is 27.2. The zero-order valence-electron chi connectivity index (χ0n) is 25.4. The van der Waals surface area contributed by atoms with E-state index in [1.54, 1.807) is 19.1 Å². The number of hydrogen-bond donors (Lipinski definition) is 5. The molecule has 1 aliphatic carbocycles. The maximum atomic E-state index is 14.1. The van der Waals surface area contributed by atoms with Crippen molar-refractivity contribution in [3.8, 4) is 5.75 Å². The number of hydrogen-bond acceptors (Lipinski definition) is 10. The SMILES string of the molecule is COc1ccc(C(O)C(NC(=O)[C@H](CO)NC(=O)CN2CCOCC2)(C(N)=O)[C@H](CC2=CCCCC2)C(=O)[C@@]2(C)CO2)cc1. The zero-order chi connectivity index (χ0) is 31.9. The number of carbonyl (C=O) groups excluding carboxylic acids is 4. The number of methoxy groups -OCH3 is 1. The number of nitrogens with one attached hydrogen (secondary N) is 2. The molecule has 44 heavy (non-hydrogen) atoms. The molecular weight excluding hydrogens is 572 g/mol. The van der Waals surface area contributed by atoms with Gasteiger partial charge in [0.1, 0.15) is 23.5 Å². The normalized spacial score (nSPS) is 23.7. The molecule has 242 valence electrons. The number of primary amides is 1. The minimum absolute atomic E-state index is 0.0342. The molecule has 0 bridgehead atoms. The maximum Gasteiger partial charge on any atom is 0.247 e. The van der Waals surface area contributed by atoms with Gasteiger partial charge in [0.25, 0.3) is 0 Å². The van der Waals surface area contributed by atoms with E-state index in [1.807, 2.05) is 11.0 Å². The Balaban J connectivity index is 1.72. The zero-order valence-corrected chi connectivity index (χ0v) is 25.4. The molecule has 2 fully saturated rings. The van der Waals surface area contributed by atoms with Crippen LogP contribution in [0.1, 0.15) is 50.7 Å². The van der Waals surface area contributed by atoms with Crippen molar-refractivity contribution in [2.45, 2.75) is 62.3 Å². The number of amides is 3. The molecule has 1 aromatic rings. The molecule has 0 saturated carbocycles. The summed E-state index contributed by atoms with van der Waals surface area (Å²) in [7, 11) is 1.48. The van der Waals surface area contributed by atoms with Crippen LogP contribution >= 0.6 is 0 Å². The highest BCUT2D eigenvalue weighted by Gasteiger charge is 2.61. The molecular formula is C31H44N4O9. The van der Waals surface area contributed by atoms with Crippen LogP contribution in [-0.2, 0) is 28.7 Å². The summed E-state index contributed by atoms with van der Waals surface area (Å²) in [5.74, 6) is -4.00. The maximum absolute atomic E-state index is 14.1. The van der Waals surface area contributed by atoms with Crippen molar-refractivity contribution in [1.29, 1.82) is 0 Å². The molecule has 0 spiro atoms. The molecule has 13 nitrogen and oxygen atoms in total. The van der Waals surface area contributed by atoms with Crippen LogP contribution in [0.25, 0.3) is 0 Å². The second-order valence-electron chi connectivity index (χ2n) is 11.8. The first-order valence-corrected chi connectivity index (χ1v) is 15.0. The first-order valence-electron chi connectivity index (χ1n) is 15.0. The predicted molar refractivity (Wildman–Crippen MR) is 158 cm³/mol. The van der Waals surface area contributed by atoms with Gasteiger partial charge in [-0.3, -0.25) is 24.1 Å². The molecule has 2 unspecified atom stereocenters. The van der Waals surface area contributed by atoms with Crippen LogP contribution < -0.4 is 21.1 Å². The van der Waals surface area contributed by atoms with Gasteiger partial charge in [-0.1, -0.05) is 23.8 Å². The van der Waals surface area contributed by atoms with Crippen LogP contribution in [0.3, 0.4) is 0 Å². The van der Waals surface area contributed by atoms with Crippen molar-refractivity contribution in [2.24, 2.45) is 11.7 Å². The summed E-state index contributed by atoms with van der Waals surface area (Å²) < 4.78 is 16.0. The summed E-state index contributed by atoms with van der Waals surface area (Å²) in [5.41, 5.74) is 3.56. The Bertz CT molecular complexity index is 1230. The minimum Gasteiger partial charge on any atom is -0.497 e. The average Bonchev–Trinajstić information content (AvgIpc) is 3.79. The second kappa shape index (κ2) is 14.6. The number of rotatable bonds is 15. The van der Waals surface area contributed by atoms with Crippen LogP contribution in [-0.4, -0.2) is 109 Å². The van der Waals surface area contributed by atoms with E-state index < -0.39 is 59.3 Å². The van der Waals surface area contributed by atoms with Gasteiger partial charge in [0, 0.05) is 13.1 Å². The number of epoxide rings is 1. The molecule has 4 rings (SSSR count). The predicted octanol–water partition coefficient (Wildman–Crippen LogP) is -0.257. The number of aliphatic hydroxyl groups is 2. The molecule has 1 aromatic carbocycles. The number of Topliss-reactive ketones (excluding diaryl/α,β-unsaturated/α-hetero) is 1. The number of ether oxygens (including phenoxy) is 3. The fourth-order valence-electron chi connectivity index (χ4n) is 5.88. The number of nitrogens with zero attached hydrogens (tertiary/aromatic N) is 1. The smallest absolute Gasteiger partial charge is 0.247 e. The third kappa shape index (κ3) is 7.64. The highest BCUT2D eigenvalue weighted by atomic mass is 16.6. The monoisotopic (exact) mass is 616 g/mol. The van der Waals surface area contributed by atoms with Crippen LogP contribution in [0.2, 0.25) is 0 Å². The summed E-state index contributed by atoms with van der Waals surface area (Å²) in [6.07, 6.45) is 3.61. The van der Waals surface area contributed by atoms with Gasteiger partial charge in [0.05, 0.1) is 46.0 Å². The molecule has 6 N–H and O–H groups in total. The quantitative estimate of drug-likeness (QED) is 0.130. The van der Waals surface area contributed by atoms with E-state index in [9.17, 15) is 29.4 Å². The van der Waals surface area contributed by atoms with Crippen molar-refractivity contribution in [1.82, 2.24) is 15.5 Å². The standard InChI is InChI=1S/C31H44N4O9/c1-30(19-44-30)27(39)23(16-20-6-4-3-5-7-20)31(29(32)41,26(38)21-8-10-22(42-2)11-9-21)34-28(40)24(18-36)33-25(37)17-35-12-14-43-15-13-35/h6,8-11,23-24,26,36,38H,3-5,7,12-19H2,1-2H3,(H2,32,41)(H,33,37)(H,34,40)/t23-,24+,26?,30-,31?/m1/s1. The lowest BCUT2D eigenvalue weighted by Gasteiger charge is -2.43. The topological polar surface area (TPSA) is 193 Å². The third-order valence-corrected chi connectivity index (χ3v) is 8.72. The van der Waals surface area contributed by atoms with Gasteiger partial charge >= 0.3 is 0 Å². The van der Waals surface area contributed by atoms with Crippen LogP contribution in [0.5, 0.6) is 5.75 Å². The highest BCUT2D eigenvalue weighted by Crippen LogP contribution is 2.43.